The number of rotatable bonds is 4. The van der Waals surface area contributed by atoms with Crippen molar-refractivity contribution >= 4 is 88.9 Å². The van der Waals surface area contributed by atoms with Gasteiger partial charge in [-0.15, -0.1) is 11.3 Å². The summed E-state index contributed by atoms with van der Waals surface area (Å²) in [5, 5.41) is 2.45. The highest BCUT2D eigenvalue weighted by molar-refractivity contribution is 7.33. The second-order valence-corrected chi connectivity index (χ2v) is 23.1. The zero-order chi connectivity index (χ0) is 46.2. The summed E-state index contributed by atoms with van der Waals surface area (Å²) in [6.07, 6.45) is 1.95. The number of aryl methyl sites for hydroxylation is 3. The summed E-state index contributed by atoms with van der Waals surface area (Å²) >= 11 is 1.97. The van der Waals surface area contributed by atoms with Crippen LogP contribution >= 0.6 is 11.3 Å². The van der Waals surface area contributed by atoms with Crippen LogP contribution in [0.1, 0.15) is 95.7 Å². The van der Waals surface area contributed by atoms with Crippen molar-refractivity contribution in [2.75, 3.05) is 9.80 Å². The number of hydrogen-bond donors (Lipinski definition) is 0. The number of para-hydroxylation sites is 1. The van der Waals surface area contributed by atoms with E-state index in [1.807, 2.05) is 17.6 Å². The Labute approximate surface area is 395 Å². The van der Waals surface area contributed by atoms with Gasteiger partial charge >= 0.3 is 0 Å². The van der Waals surface area contributed by atoms with Gasteiger partial charge in [-0.25, -0.2) is 0 Å². The Kier molecular flexibility index (Phi) is 9.53. The zero-order valence-electron chi connectivity index (χ0n) is 40.6. The van der Waals surface area contributed by atoms with E-state index in [0.29, 0.717) is 0 Å². The minimum atomic E-state index is -0.0326. The molecule has 11 rings (SSSR count). The molecule has 7 aromatic carbocycles. The summed E-state index contributed by atoms with van der Waals surface area (Å²) in [6.45, 7) is 27.9. The second kappa shape index (κ2) is 14.9. The lowest BCUT2D eigenvalue weighted by atomic mass is 9.36. The van der Waals surface area contributed by atoms with Gasteiger partial charge in [-0.2, -0.15) is 0 Å². The van der Waals surface area contributed by atoms with Gasteiger partial charge in [0.05, 0.1) is 23.3 Å². The number of fused-ring (bicyclic) bond motifs is 7. The van der Waals surface area contributed by atoms with E-state index in [9.17, 15) is 0 Å². The average Bonchev–Trinajstić information content (AvgIpc) is 3.88. The fourth-order valence-corrected chi connectivity index (χ4v) is 12.1. The van der Waals surface area contributed by atoms with E-state index in [4.69, 9.17) is 4.42 Å². The molecule has 0 saturated carbocycles. The molecule has 0 aliphatic carbocycles. The largest absolute Gasteiger partial charge is 0.464 e. The first-order chi connectivity index (χ1) is 31.4. The second-order valence-electron chi connectivity index (χ2n) is 22.0. The van der Waals surface area contributed by atoms with Crippen molar-refractivity contribution in [1.29, 1.82) is 0 Å². The molecule has 0 bridgehead atoms. The van der Waals surface area contributed by atoms with E-state index in [0.717, 1.165) is 22.1 Å². The molecule has 328 valence electrons. The van der Waals surface area contributed by atoms with Gasteiger partial charge in [0.1, 0.15) is 5.58 Å². The molecule has 2 aromatic heterocycles. The standard InChI is InChI=1S/C61H59BN2OS/c1-36-29-42(60(7,8)9)30-37(2)55(36)64-51-23-18-22-50-54(51)62(58-57(64)46-33-41(59(4,5)6)26-28-53(46)66-58)48-32-40(47-35-65-52-24-17-16-21-44(47)52)25-27-49(48)63(50)56-38(3)31-43(61(10,11)12)34-45(56)39-19-14-13-15-20-39/h13-35H,1-12H3. The molecule has 5 heteroatoms. The van der Waals surface area contributed by atoms with Crippen molar-refractivity contribution < 1.29 is 4.42 Å². The van der Waals surface area contributed by atoms with Gasteiger partial charge in [-0.3, -0.25) is 0 Å². The highest BCUT2D eigenvalue weighted by Crippen LogP contribution is 2.52. The number of anilines is 6. The van der Waals surface area contributed by atoms with Gasteiger partial charge in [-0.1, -0.05) is 153 Å². The minimum absolute atomic E-state index is 0.00909. The van der Waals surface area contributed by atoms with Crippen LogP contribution in [-0.2, 0) is 16.2 Å². The maximum absolute atomic E-state index is 6.23. The minimum Gasteiger partial charge on any atom is -0.464 e. The first kappa shape index (κ1) is 42.3. The smallest absolute Gasteiger partial charge is 0.264 e. The number of hydrogen-bond acceptors (Lipinski definition) is 4. The molecule has 66 heavy (non-hydrogen) atoms. The summed E-state index contributed by atoms with van der Waals surface area (Å²) in [5.74, 6) is 0. The van der Waals surface area contributed by atoms with Crippen LogP contribution in [0.3, 0.4) is 0 Å². The molecule has 4 heterocycles. The molecule has 0 unspecified atom stereocenters. The van der Waals surface area contributed by atoms with Crippen LogP contribution in [0.15, 0.2) is 144 Å². The van der Waals surface area contributed by atoms with Crippen LogP contribution in [0, 0.1) is 20.8 Å². The summed E-state index contributed by atoms with van der Waals surface area (Å²) < 4.78 is 8.93. The van der Waals surface area contributed by atoms with Crippen molar-refractivity contribution in [3.8, 4) is 22.3 Å². The summed E-state index contributed by atoms with van der Waals surface area (Å²) in [4.78, 5) is 5.28. The van der Waals surface area contributed by atoms with Gasteiger partial charge in [0.2, 0.25) is 0 Å². The van der Waals surface area contributed by atoms with Crippen LogP contribution in [0.25, 0.3) is 43.3 Å². The van der Waals surface area contributed by atoms with Crippen LogP contribution < -0.4 is 25.5 Å². The Balaban J connectivity index is 1.27. The molecule has 2 aliphatic rings. The van der Waals surface area contributed by atoms with Crippen molar-refractivity contribution in [2.45, 2.75) is 99.3 Å². The molecule has 0 saturated heterocycles. The van der Waals surface area contributed by atoms with Crippen LogP contribution in [0.5, 0.6) is 0 Å². The van der Waals surface area contributed by atoms with Crippen LogP contribution in [0.2, 0.25) is 0 Å². The SMILES string of the molecule is Cc1cc(C(C)(C)C)cc(C)c1N1c2cccc3c2B(c2cc(-c4coc5ccccc45)ccc2N3c2c(C)cc(C(C)(C)C)cc2-c2ccccc2)c2sc3ccc(C(C)(C)C)cc3c21. The Hall–Kier alpha value is -6.30. The topological polar surface area (TPSA) is 19.6 Å². The third-order valence-electron chi connectivity index (χ3n) is 14.3. The molecular formula is C61H59BN2OS. The third-order valence-corrected chi connectivity index (χ3v) is 15.5. The number of nitrogens with zero attached hydrogens (tertiary/aromatic N) is 2. The lowest BCUT2D eigenvalue weighted by Crippen LogP contribution is -2.60. The number of benzene rings is 7. The highest BCUT2D eigenvalue weighted by atomic mass is 32.1. The van der Waals surface area contributed by atoms with Gasteiger partial charge in [0.15, 0.2) is 0 Å². The normalized spacial score (nSPS) is 13.7. The van der Waals surface area contributed by atoms with Crippen molar-refractivity contribution in [3.05, 3.63) is 173 Å². The fourth-order valence-electron chi connectivity index (χ4n) is 10.8. The van der Waals surface area contributed by atoms with Crippen molar-refractivity contribution in [2.24, 2.45) is 0 Å². The quantitative estimate of drug-likeness (QED) is 0.164. The monoisotopic (exact) mass is 878 g/mol. The molecule has 2 aliphatic heterocycles. The molecule has 9 aromatic rings. The molecule has 0 spiro atoms. The maximum atomic E-state index is 6.23. The fraction of sp³-hybridized carbons (Fsp3) is 0.246. The van der Waals surface area contributed by atoms with Gasteiger partial charge < -0.3 is 14.2 Å². The van der Waals surface area contributed by atoms with E-state index in [-0.39, 0.29) is 23.0 Å². The summed E-state index contributed by atoms with van der Waals surface area (Å²) in [6, 6.07) is 50.7. The first-order valence-corrected chi connectivity index (χ1v) is 24.4. The Morgan fingerprint density at radius 2 is 1.09 bits per heavy atom. The van der Waals surface area contributed by atoms with E-state index in [2.05, 4.69) is 226 Å². The molecule has 0 fully saturated rings. The summed E-state index contributed by atoms with van der Waals surface area (Å²) in [7, 11) is 0. The Morgan fingerprint density at radius 3 is 1.77 bits per heavy atom. The predicted molar refractivity (Wildman–Crippen MR) is 287 cm³/mol. The van der Waals surface area contributed by atoms with Crippen molar-refractivity contribution in [1.82, 2.24) is 0 Å². The molecule has 0 amide bonds. The van der Waals surface area contributed by atoms with E-state index < -0.39 is 0 Å². The van der Waals surface area contributed by atoms with Crippen molar-refractivity contribution in [3.63, 3.8) is 0 Å². The van der Waals surface area contributed by atoms with E-state index in [1.165, 1.54) is 104 Å². The van der Waals surface area contributed by atoms with E-state index in [1.54, 1.807) is 0 Å². The average molecular weight is 879 g/mol. The zero-order valence-corrected chi connectivity index (χ0v) is 41.4. The first-order valence-electron chi connectivity index (χ1n) is 23.6. The van der Waals surface area contributed by atoms with Gasteiger partial charge in [0, 0.05) is 48.4 Å². The lowest BCUT2D eigenvalue weighted by molar-refractivity contribution is 0.589. The maximum Gasteiger partial charge on any atom is 0.264 e. The highest BCUT2D eigenvalue weighted by Gasteiger charge is 2.46. The number of thiophene rings is 1. The van der Waals surface area contributed by atoms with Gasteiger partial charge in [-0.05, 0) is 135 Å². The molecule has 0 N–H and O–H groups in total. The van der Waals surface area contributed by atoms with Crippen LogP contribution in [-0.4, -0.2) is 6.71 Å². The Bertz CT molecular complexity index is 3400. The van der Waals surface area contributed by atoms with Crippen LogP contribution in [0.4, 0.5) is 34.1 Å². The van der Waals surface area contributed by atoms with Gasteiger partial charge in [0.25, 0.3) is 6.71 Å². The predicted octanol–water partition coefficient (Wildman–Crippen LogP) is 15.9. The Morgan fingerprint density at radius 1 is 0.470 bits per heavy atom. The van der Waals surface area contributed by atoms with E-state index >= 15 is 0 Å². The third kappa shape index (κ3) is 6.60. The number of furan rings is 1. The molecule has 0 atom stereocenters. The molecule has 3 nitrogen and oxygen atoms in total. The molecular weight excluding hydrogens is 820 g/mol. The lowest BCUT2D eigenvalue weighted by Gasteiger charge is -2.44. The molecule has 0 radical (unpaired) electrons. The summed E-state index contributed by atoms with van der Waals surface area (Å²) in [5.41, 5.74) is 23.6.